The summed E-state index contributed by atoms with van der Waals surface area (Å²) in [4.78, 5) is 2.56. The zero-order valence-corrected chi connectivity index (χ0v) is 10.1. The first-order valence-electron chi connectivity index (χ1n) is 5.40. The highest BCUT2D eigenvalue weighted by Crippen LogP contribution is 2.25. The molecule has 0 bridgehead atoms. The molecule has 1 heterocycles. The van der Waals surface area contributed by atoms with E-state index in [1.807, 2.05) is 0 Å². The Morgan fingerprint density at radius 3 is 2.15 bits per heavy atom. The first kappa shape index (κ1) is 11.4. The van der Waals surface area contributed by atoms with E-state index in [0.29, 0.717) is 10.7 Å². The van der Waals surface area contributed by atoms with Crippen molar-refractivity contribution >= 4 is 12.6 Å². The maximum atomic E-state index is 4.68. The second kappa shape index (κ2) is 4.70. The van der Waals surface area contributed by atoms with Crippen molar-refractivity contribution in [3.63, 3.8) is 0 Å². The zero-order valence-electron chi connectivity index (χ0n) is 9.21. The number of piperidine rings is 1. The van der Waals surface area contributed by atoms with Crippen LogP contribution in [0.3, 0.4) is 0 Å². The third-order valence-corrected chi connectivity index (χ3v) is 3.82. The lowest BCUT2D eigenvalue weighted by Crippen LogP contribution is -2.39. The van der Waals surface area contributed by atoms with E-state index in [4.69, 9.17) is 0 Å². The molecule has 78 valence electrons. The molecule has 0 radical (unpaired) electrons. The molecule has 1 fully saturated rings. The molecule has 2 heteroatoms. The topological polar surface area (TPSA) is 3.24 Å². The summed E-state index contributed by atoms with van der Waals surface area (Å²) in [6.07, 6.45) is 4.18. The van der Waals surface area contributed by atoms with Crippen molar-refractivity contribution in [3.05, 3.63) is 0 Å². The van der Waals surface area contributed by atoms with Crippen LogP contribution in [0.15, 0.2) is 0 Å². The average Bonchev–Trinajstić information content (AvgIpc) is 2.04. The van der Waals surface area contributed by atoms with Gasteiger partial charge in [0.05, 0.1) is 0 Å². The van der Waals surface area contributed by atoms with Crippen LogP contribution in [0.4, 0.5) is 0 Å². The molecule has 1 saturated heterocycles. The summed E-state index contributed by atoms with van der Waals surface area (Å²) >= 11 is 4.68. The van der Waals surface area contributed by atoms with Crippen LogP contribution in [0.2, 0.25) is 0 Å². The first-order valence-corrected chi connectivity index (χ1v) is 5.92. The Morgan fingerprint density at radius 2 is 1.69 bits per heavy atom. The van der Waals surface area contributed by atoms with E-state index < -0.39 is 0 Å². The molecule has 0 spiro atoms. The lowest BCUT2D eigenvalue weighted by molar-refractivity contribution is 0.203. The van der Waals surface area contributed by atoms with Gasteiger partial charge in [0.25, 0.3) is 0 Å². The standard InChI is InChI=1S/C11H23NS/c1-11(2,3)10(13)9-12-7-5-4-6-8-12/h10,13H,4-9H2,1-3H3/t10-/m1/s1. The van der Waals surface area contributed by atoms with Gasteiger partial charge >= 0.3 is 0 Å². The molecule has 0 N–H and O–H groups in total. The molecule has 1 aliphatic rings. The average molecular weight is 201 g/mol. The highest BCUT2D eigenvalue weighted by atomic mass is 32.1. The highest BCUT2D eigenvalue weighted by molar-refractivity contribution is 7.81. The van der Waals surface area contributed by atoms with Gasteiger partial charge in [-0.25, -0.2) is 0 Å². The fourth-order valence-corrected chi connectivity index (χ4v) is 1.89. The normalized spacial score (nSPS) is 23.1. The summed E-state index contributed by atoms with van der Waals surface area (Å²) in [6, 6.07) is 0. The van der Waals surface area contributed by atoms with Crippen LogP contribution >= 0.6 is 12.6 Å². The number of thiol groups is 1. The monoisotopic (exact) mass is 201 g/mol. The third kappa shape index (κ3) is 3.90. The van der Waals surface area contributed by atoms with E-state index in [1.54, 1.807) is 0 Å². The van der Waals surface area contributed by atoms with Gasteiger partial charge in [-0.15, -0.1) is 0 Å². The van der Waals surface area contributed by atoms with E-state index >= 15 is 0 Å². The van der Waals surface area contributed by atoms with Crippen molar-refractivity contribution < 1.29 is 0 Å². The van der Waals surface area contributed by atoms with Crippen molar-refractivity contribution in [2.75, 3.05) is 19.6 Å². The summed E-state index contributed by atoms with van der Waals surface area (Å²) in [5, 5.41) is 0.505. The summed E-state index contributed by atoms with van der Waals surface area (Å²) < 4.78 is 0. The van der Waals surface area contributed by atoms with Crippen LogP contribution in [0.5, 0.6) is 0 Å². The second-order valence-corrected chi connectivity index (χ2v) is 5.87. The second-order valence-electron chi connectivity index (χ2n) is 5.24. The number of hydrogen-bond donors (Lipinski definition) is 1. The number of hydrogen-bond acceptors (Lipinski definition) is 2. The van der Waals surface area contributed by atoms with Crippen molar-refractivity contribution in [3.8, 4) is 0 Å². The molecule has 0 aliphatic carbocycles. The van der Waals surface area contributed by atoms with Gasteiger partial charge in [0.2, 0.25) is 0 Å². The van der Waals surface area contributed by atoms with E-state index in [2.05, 4.69) is 38.3 Å². The van der Waals surface area contributed by atoms with Gasteiger partial charge < -0.3 is 4.90 Å². The van der Waals surface area contributed by atoms with Gasteiger partial charge in [0.1, 0.15) is 0 Å². The maximum Gasteiger partial charge on any atom is 0.0193 e. The Morgan fingerprint density at radius 1 is 1.15 bits per heavy atom. The van der Waals surface area contributed by atoms with Gasteiger partial charge in [-0.2, -0.15) is 12.6 Å². The minimum Gasteiger partial charge on any atom is -0.302 e. The first-order chi connectivity index (χ1) is 6.00. The summed E-state index contributed by atoms with van der Waals surface area (Å²) in [5.74, 6) is 0. The molecule has 1 aliphatic heterocycles. The molecule has 0 unspecified atom stereocenters. The van der Waals surface area contributed by atoms with Crippen LogP contribution in [0.25, 0.3) is 0 Å². The molecule has 13 heavy (non-hydrogen) atoms. The molecular weight excluding hydrogens is 178 g/mol. The third-order valence-electron chi connectivity index (χ3n) is 2.88. The molecule has 0 aromatic rings. The van der Waals surface area contributed by atoms with Crippen molar-refractivity contribution in [2.45, 2.75) is 45.3 Å². The van der Waals surface area contributed by atoms with Crippen molar-refractivity contribution in [2.24, 2.45) is 5.41 Å². The molecule has 1 nitrogen and oxygen atoms in total. The largest absolute Gasteiger partial charge is 0.302 e. The van der Waals surface area contributed by atoms with Crippen LogP contribution in [-0.2, 0) is 0 Å². The Bertz CT molecular complexity index is 145. The summed E-state index contributed by atoms with van der Waals surface area (Å²) in [5.41, 5.74) is 0.334. The molecular formula is C11H23NS. The summed E-state index contributed by atoms with van der Waals surface area (Å²) in [6.45, 7) is 10.5. The van der Waals surface area contributed by atoms with E-state index in [9.17, 15) is 0 Å². The minimum atomic E-state index is 0.334. The fraction of sp³-hybridized carbons (Fsp3) is 1.00. The van der Waals surface area contributed by atoms with Crippen molar-refractivity contribution in [1.29, 1.82) is 0 Å². The Labute approximate surface area is 88.3 Å². The van der Waals surface area contributed by atoms with E-state index in [1.165, 1.54) is 32.4 Å². The van der Waals surface area contributed by atoms with Crippen LogP contribution < -0.4 is 0 Å². The minimum absolute atomic E-state index is 0.334. The smallest absolute Gasteiger partial charge is 0.0193 e. The maximum absolute atomic E-state index is 4.68. The zero-order chi connectivity index (χ0) is 9.90. The Hall–Kier alpha value is 0.310. The molecule has 1 rings (SSSR count). The van der Waals surface area contributed by atoms with E-state index in [-0.39, 0.29) is 0 Å². The van der Waals surface area contributed by atoms with Gasteiger partial charge in [-0.1, -0.05) is 27.2 Å². The van der Waals surface area contributed by atoms with Crippen LogP contribution in [-0.4, -0.2) is 29.8 Å². The Kier molecular flexibility index (Phi) is 4.11. The fourth-order valence-electron chi connectivity index (χ4n) is 1.66. The Balaban J connectivity index is 2.30. The van der Waals surface area contributed by atoms with Gasteiger partial charge in [-0.3, -0.25) is 0 Å². The van der Waals surface area contributed by atoms with Gasteiger partial charge in [0.15, 0.2) is 0 Å². The lowest BCUT2D eigenvalue weighted by atomic mass is 9.91. The number of likely N-dealkylation sites (tertiary alicyclic amines) is 1. The van der Waals surface area contributed by atoms with Gasteiger partial charge in [-0.05, 0) is 31.3 Å². The summed E-state index contributed by atoms with van der Waals surface area (Å²) in [7, 11) is 0. The number of rotatable bonds is 2. The van der Waals surface area contributed by atoms with Crippen LogP contribution in [0.1, 0.15) is 40.0 Å². The SMILES string of the molecule is CC(C)(C)[C@H](S)CN1CCCCC1. The molecule has 1 atom stereocenters. The molecule has 0 aromatic heterocycles. The highest BCUT2D eigenvalue weighted by Gasteiger charge is 2.23. The number of nitrogens with zero attached hydrogens (tertiary/aromatic N) is 1. The van der Waals surface area contributed by atoms with Gasteiger partial charge in [0, 0.05) is 11.8 Å². The predicted molar refractivity (Wildman–Crippen MR) is 62.5 cm³/mol. The molecule has 0 amide bonds. The lowest BCUT2D eigenvalue weighted by Gasteiger charge is -2.34. The van der Waals surface area contributed by atoms with E-state index in [0.717, 1.165) is 6.54 Å². The molecule has 0 aromatic carbocycles. The van der Waals surface area contributed by atoms with Crippen LogP contribution in [0, 0.1) is 5.41 Å². The van der Waals surface area contributed by atoms with Crippen molar-refractivity contribution in [1.82, 2.24) is 4.90 Å². The quantitative estimate of drug-likeness (QED) is 0.672. The predicted octanol–water partition coefficient (Wildman–Crippen LogP) is 2.82. The molecule has 0 saturated carbocycles.